The number of aromatic nitrogens is 1. The van der Waals surface area contributed by atoms with Gasteiger partial charge in [0, 0.05) is 24.1 Å². The van der Waals surface area contributed by atoms with Crippen LogP contribution in [0.15, 0.2) is 59.5 Å². The van der Waals surface area contributed by atoms with Crippen molar-refractivity contribution in [3.63, 3.8) is 0 Å². The van der Waals surface area contributed by atoms with Crippen LogP contribution < -0.4 is 10.6 Å². The number of nitrogens with zero attached hydrogens (tertiary/aromatic N) is 1. The Balaban J connectivity index is 1.68. The van der Waals surface area contributed by atoms with Crippen molar-refractivity contribution in [1.82, 2.24) is 4.98 Å². The number of benzene rings is 1. The summed E-state index contributed by atoms with van der Waals surface area (Å²) in [6.45, 7) is 0.447. The summed E-state index contributed by atoms with van der Waals surface area (Å²) in [6.07, 6.45) is 4.52. The van der Waals surface area contributed by atoms with Gasteiger partial charge in [-0.2, -0.15) is 0 Å². The van der Waals surface area contributed by atoms with E-state index >= 15 is 0 Å². The zero-order chi connectivity index (χ0) is 16.9. The largest absolute Gasteiger partial charge is 0.467 e. The third-order valence-electron chi connectivity index (χ3n) is 3.22. The lowest BCUT2D eigenvalue weighted by molar-refractivity contribution is 0.102. The van der Waals surface area contributed by atoms with Crippen LogP contribution in [0.1, 0.15) is 16.1 Å². The second kappa shape index (κ2) is 6.91. The molecule has 3 rings (SSSR count). The van der Waals surface area contributed by atoms with Gasteiger partial charge in [0.25, 0.3) is 5.91 Å². The third kappa shape index (κ3) is 3.75. The minimum atomic E-state index is -1.03. The summed E-state index contributed by atoms with van der Waals surface area (Å²) >= 11 is 0. The van der Waals surface area contributed by atoms with E-state index in [-0.39, 0.29) is 11.3 Å². The van der Waals surface area contributed by atoms with Crippen molar-refractivity contribution in [2.75, 3.05) is 10.6 Å². The number of amides is 1. The van der Waals surface area contributed by atoms with Crippen molar-refractivity contribution in [2.24, 2.45) is 0 Å². The number of pyridine rings is 1. The van der Waals surface area contributed by atoms with Gasteiger partial charge in [-0.3, -0.25) is 9.78 Å². The quantitative estimate of drug-likeness (QED) is 0.747. The smallest absolute Gasteiger partial charge is 0.257 e. The molecule has 1 aromatic carbocycles. The molecule has 0 spiro atoms. The molecule has 0 saturated heterocycles. The molecule has 0 atom stereocenters. The number of hydrogen-bond acceptors (Lipinski definition) is 4. The predicted octanol–water partition coefficient (Wildman–Crippen LogP) is 3.82. The molecule has 2 aromatic heterocycles. The second-order valence-corrected chi connectivity index (χ2v) is 4.98. The number of carbonyl (C=O) groups is 1. The van der Waals surface area contributed by atoms with E-state index in [1.807, 2.05) is 6.07 Å². The highest BCUT2D eigenvalue weighted by Gasteiger charge is 2.10. The molecular formula is C17H13F2N3O2. The summed E-state index contributed by atoms with van der Waals surface area (Å²) in [7, 11) is 0. The molecule has 7 heteroatoms. The number of hydrogen-bond donors (Lipinski definition) is 2. The van der Waals surface area contributed by atoms with Gasteiger partial charge in [0.2, 0.25) is 0 Å². The molecule has 0 aliphatic rings. The van der Waals surface area contributed by atoms with Crippen molar-refractivity contribution in [3.8, 4) is 0 Å². The Hall–Kier alpha value is -3.22. The molecular weight excluding hydrogens is 316 g/mol. The average Bonchev–Trinajstić information content (AvgIpc) is 3.10. The van der Waals surface area contributed by atoms with Gasteiger partial charge in [-0.15, -0.1) is 0 Å². The maximum atomic E-state index is 13.2. The Morgan fingerprint density at radius 2 is 1.96 bits per heavy atom. The molecule has 1 amide bonds. The fourth-order valence-electron chi connectivity index (χ4n) is 2.04. The summed E-state index contributed by atoms with van der Waals surface area (Å²) in [6, 6.07) is 8.35. The first kappa shape index (κ1) is 15.7. The molecule has 2 N–H and O–H groups in total. The summed E-state index contributed by atoms with van der Waals surface area (Å²) in [5.74, 6) is -1.74. The summed E-state index contributed by atoms with van der Waals surface area (Å²) < 4.78 is 31.3. The first-order valence-corrected chi connectivity index (χ1v) is 7.09. The standard InChI is InChI=1S/C17H13F2N3O2/c18-15-4-3-12(7-16(15)19)22-17(23)11-6-13(9-20-8-11)21-10-14-2-1-5-24-14/h1-9,21H,10H2,(H,22,23). The molecule has 3 aromatic rings. The van der Waals surface area contributed by atoms with Gasteiger partial charge in [0.1, 0.15) is 5.76 Å². The Bertz CT molecular complexity index is 851. The van der Waals surface area contributed by atoms with Crippen molar-refractivity contribution in [1.29, 1.82) is 0 Å². The molecule has 0 unspecified atom stereocenters. The zero-order valence-corrected chi connectivity index (χ0v) is 12.4. The van der Waals surface area contributed by atoms with Gasteiger partial charge in [-0.05, 0) is 30.3 Å². The van der Waals surface area contributed by atoms with Crippen LogP contribution in [0.25, 0.3) is 0 Å². The molecule has 0 radical (unpaired) electrons. The van der Waals surface area contributed by atoms with Crippen LogP contribution in [-0.4, -0.2) is 10.9 Å². The number of anilines is 2. The topological polar surface area (TPSA) is 67.2 Å². The lowest BCUT2D eigenvalue weighted by Gasteiger charge is -2.08. The predicted molar refractivity (Wildman–Crippen MR) is 84.6 cm³/mol. The number of nitrogens with one attached hydrogen (secondary N) is 2. The van der Waals surface area contributed by atoms with Crippen molar-refractivity contribution in [3.05, 3.63) is 78.0 Å². The minimum absolute atomic E-state index is 0.160. The normalized spacial score (nSPS) is 10.4. The van der Waals surface area contributed by atoms with E-state index in [0.29, 0.717) is 12.2 Å². The summed E-state index contributed by atoms with van der Waals surface area (Å²) in [5, 5.41) is 5.57. The van der Waals surface area contributed by atoms with Crippen LogP contribution >= 0.6 is 0 Å². The first-order valence-electron chi connectivity index (χ1n) is 7.09. The lowest BCUT2D eigenvalue weighted by atomic mass is 10.2. The van der Waals surface area contributed by atoms with E-state index in [4.69, 9.17) is 4.42 Å². The zero-order valence-electron chi connectivity index (χ0n) is 12.4. The van der Waals surface area contributed by atoms with E-state index in [0.717, 1.165) is 17.9 Å². The third-order valence-corrected chi connectivity index (χ3v) is 3.22. The Labute approximate surface area is 136 Å². The number of halogens is 2. The van der Waals surface area contributed by atoms with E-state index in [1.165, 1.54) is 12.3 Å². The summed E-state index contributed by atoms with van der Waals surface area (Å²) in [5.41, 5.74) is 1.07. The summed E-state index contributed by atoms with van der Waals surface area (Å²) in [4.78, 5) is 16.2. The molecule has 2 heterocycles. The number of carbonyl (C=O) groups excluding carboxylic acids is 1. The maximum absolute atomic E-state index is 13.2. The van der Waals surface area contributed by atoms with Gasteiger partial charge in [-0.1, -0.05) is 0 Å². The average molecular weight is 329 g/mol. The Morgan fingerprint density at radius 3 is 2.71 bits per heavy atom. The lowest BCUT2D eigenvalue weighted by Crippen LogP contribution is -2.13. The molecule has 0 saturated carbocycles. The SMILES string of the molecule is O=C(Nc1ccc(F)c(F)c1)c1cncc(NCc2ccco2)c1. The van der Waals surface area contributed by atoms with Crippen molar-refractivity contribution >= 4 is 17.3 Å². The van der Waals surface area contributed by atoms with E-state index in [2.05, 4.69) is 15.6 Å². The number of rotatable bonds is 5. The fourth-order valence-corrected chi connectivity index (χ4v) is 2.04. The highest BCUT2D eigenvalue weighted by atomic mass is 19.2. The van der Waals surface area contributed by atoms with Crippen LogP contribution in [0.3, 0.4) is 0 Å². The van der Waals surface area contributed by atoms with E-state index < -0.39 is 17.5 Å². The molecule has 0 bridgehead atoms. The Morgan fingerprint density at radius 1 is 1.08 bits per heavy atom. The van der Waals surface area contributed by atoms with Crippen molar-refractivity contribution < 1.29 is 18.0 Å². The van der Waals surface area contributed by atoms with E-state index in [1.54, 1.807) is 24.6 Å². The van der Waals surface area contributed by atoms with Crippen LogP contribution in [0.5, 0.6) is 0 Å². The van der Waals surface area contributed by atoms with Gasteiger partial charge in [0.05, 0.1) is 24.1 Å². The van der Waals surface area contributed by atoms with Crippen LogP contribution in [0, 0.1) is 11.6 Å². The minimum Gasteiger partial charge on any atom is -0.467 e. The maximum Gasteiger partial charge on any atom is 0.257 e. The molecule has 0 fully saturated rings. The van der Waals surface area contributed by atoms with Crippen LogP contribution in [0.2, 0.25) is 0 Å². The van der Waals surface area contributed by atoms with Crippen molar-refractivity contribution in [2.45, 2.75) is 6.54 Å². The molecule has 0 aliphatic heterocycles. The first-order chi connectivity index (χ1) is 11.6. The molecule has 5 nitrogen and oxygen atoms in total. The van der Waals surface area contributed by atoms with Crippen LogP contribution in [0.4, 0.5) is 20.2 Å². The monoisotopic (exact) mass is 329 g/mol. The van der Waals surface area contributed by atoms with E-state index in [9.17, 15) is 13.6 Å². The van der Waals surface area contributed by atoms with Gasteiger partial charge in [-0.25, -0.2) is 8.78 Å². The van der Waals surface area contributed by atoms with Gasteiger partial charge >= 0.3 is 0 Å². The highest BCUT2D eigenvalue weighted by molar-refractivity contribution is 6.04. The fraction of sp³-hybridized carbons (Fsp3) is 0.0588. The van der Waals surface area contributed by atoms with Gasteiger partial charge in [0.15, 0.2) is 11.6 Å². The Kier molecular flexibility index (Phi) is 4.51. The van der Waals surface area contributed by atoms with Crippen LogP contribution in [-0.2, 0) is 6.54 Å². The number of furan rings is 1. The van der Waals surface area contributed by atoms with Gasteiger partial charge < -0.3 is 15.1 Å². The second-order valence-electron chi connectivity index (χ2n) is 4.98. The molecule has 0 aliphatic carbocycles. The highest BCUT2D eigenvalue weighted by Crippen LogP contribution is 2.16. The molecule has 122 valence electrons. The molecule has 24 heavy (non-hydrogen) atoms.